The number of aliphatic hydroxyl groups is 1. The molecule has 2 amide bonds. The van der Waals surface area contributed by atoms with Crippen LogP contribution in [0.15, 0.2) is 42.5 Å². The molecule has 4 rings (SSSR count). The van der Waals surface area contributed by atoms with E-state index in [0.717, 1.165) is 38.9 Å². The maximum absolute atomic E-state index is 13.4. The summed E-state index contributed by atoms with van der Waals surface area (Å²) < 4.78 is 11.6. The molecular weight excluding hydrogens is 494 g/mol. The fraction of sp³-hybridized carbons (Fsp3) is 0.500. The van der Waals surface area contributed by atoms with Gasteiger partial charge in [0.1, 0.15) is 17.6 Å². The number of hydrogen-bond donors (Lipinski definition) is 2. The van der Waals surface area contributed by atoms with Crippen molar-refractivity contribution in [3.05, 3.63) is 53.1 Å². The molecule has 2 atom stereocenters. The third-order valence-corrected chi connectivity index (χ3v) is 7.74. The zero-order valence-corrected chi connectivity index (χ0v) is 22.4. The number of piperidine rings is 1. The van der Waals surface area contributed by atoms with Crippen LogP contribution in [0.5, 0.6) is 11.5 Å². The van der Waals surface area contributed by atoms with Gasteiger partial charge in [-0.2, -0.15) is 0 Å². The molecular formula is C28H36ClN3O5. The molecule has 200 valence electrons. The molecule has 2 aliphatic heterocycles. The summed E-state index contributed by atoms with van der Waals surface area (Å²) in [4.78, 5) is 29.1. The smallest absolute Gasteiger partial charge is 0.264 e. The second kappa shape index (κ2) is 11.3. The largest absolute Gasteiger partial charge is 0.497 e. The topological polar surface area (TPSA) is 105 Å². The monoisotopic (exact) mass is 529 g/mol. The fourth-order valence-electron chi connectivity index (χ4n) is 5.35. The molecule has 0 aliphatic carbocycles. The molecule has 2 aliphatic rings. The van der Waals surface area contributed by atoms with E-state index < -0.39 is 23.8 Å². The highest BCUT2D eigenvalue weighted by Crippen LogP contribution is 2.44. The third kappa shape index (κ3) is 5.71. The number of nitrogens with two attached hydrogens (primary N) is 1. The van der Waals surface area contributed by atoms with E-state index in [2.05, 4.69) is 18.7 Å². The predicted octanol–water partition coefficient (Wildman–Crippen LogP) is 3.72. The Morgan fingerprint density at radius 2 is 1.92 bits per heavy atom. The third-order valence-electron chi connectivity index (χ3n) is 7.42. The predicted molar refractivity (Wildman–Crippen MR) is 143 cm³/mol. The summed E-state index contributed by atoms with van der Waals surface area (Å²) >= 11 is 6.36. The zero-order chi connectivity index (χ0) is 26.7. The summed E-state index contributed by atoms with van der Waals surface area (Å²) in [5.41, 5.74) is 4.59. The number of methoxy groups -OCH3 is 1. The number of benzene rings is 2. The molecule has 2 heterocycles. The highest BCUT2D eigenvalue weighted by Gasteiger charge is 2.52. The first-order chi connectivity index (χ1) is 17.6. The van der Waals surface area contributed by atoms with E-state index in [1.807, 2.05) is 24.3 Å². The number of rotatable bonds is 10. The number of primary amides is 1. The Labute approximate surface area is 223 Å². The number of fused-ring (bicyclic) bond motifs is 1. The summed E-state index contributed by atoms with van der Waals surface area (Å²) in [6.07, 6.45) is 1.92. The number of ether oxygens (including phenoxy) is 2. The van der Waals surface area contributed by atoms with Crippen molar-refractivity contribution in [1.29, 1.82) is 0 Å². The van der Waals surface area contributed by atoms with Crippen LogP contribution in [0.25, 0.3) is 0 Å². The molecule has 2 aromatic rings. The van der Waals surface area contributed by atoms with Crippen molar-refractivity contribution in [1.82, 2.24) is 4.90 Å². The van der Waals surface area contributed by atoms with Crippen LogP contribution >= 0.6 is 11.6 Å². The number of anilines is 1. The van der Waals surface area contributed by atoms with Crippen LogP contribution in [0.4, 0.5) is 5.69 Å². The summed E-state index contributed by atoms with van der Waals surface area (Å²) in [6, 6.07) is 12.5. The van der Waals surface area contributed by atoms with Gasteiger partial charge in [-0.05, 0) is 43.4 Å². The molecule has 0 spiro atoms. The van der Waals surface area contributed by atoms with Gasteiger partial charge < -0.3 is 30.1 Å². The quantitative estimate of drug-likeness (QED) is 0.486. The average molecular weight is 530 g/mol. The molecule has 0 aromatic heterocycles. The SMILES string of the molecule is COc1ccc(Cl)c(OC(CCN2CCC(N3C(=O)C(O)(CC(N)=O)c4ccccc43)CC2)C(C)C)c1. The van der Waals surface area contributed by atoms with Crippen molar-refractivity contribution < 1.29 is 24.2 Å². The van der Waals surface area contributed by atoms with Gasteiger partial charge in [0.05, 0.1) is 24.2 Å². The maximum Gasteiger partial charge on any atom is 0.264 e. The minimum Gasteiger partial charge on any atom is -0.497 e. The van der Waals surface area contributed by atoms with E-state index >= 15 is 0 Å². The lowest BCUT2D eigenvalue weighted by Gasteiger charge is -2.38. The highest BCUT2D eigenvalue weighted by molar-refractivity contribution is 6.32. The van der Waals surface area contributed by atoms with Crippen molar-refractivity contribution in [3.63, 3.8) is 0 Å². The summed E-state index contributed by atoms with van der Waals surface area (Å²) in [6.45, 7) is 6.75. The number of hydrogen-bond acceptors (Lipinski definition) is 6. The lowest BCUT2D eigenvalue weighted by molar-refractivity contribution is -0.142. The first-order valence-corrected chi connectivity index (χ1v) is 13.2. The number of likely N-dealkylation sites (tertiary alicyclic amines) is 1. The lowest BCUT2D eigenvalue weighted by atomic mass is 9.91. The molecule has 2 aromatic carbocycles. The standard InChI is InChI=1S/C28H36ClN3O5/c1-18(2)24(37-25-16-20(36-3)8-9-22(25)29)12-15-31-13-10-19(11-14-31)32-23-7-5-4-6-21(23)28(35,27(32)34)17-26(30)33/h4-9,16,18-19,24,35H,10-15,17H2,1-3H3,(H2,30,33). The maximum atomic E-state index is 13.4. The van der Waals surface area contributed by atoms with Gasteiger partial charge in [0.2, 0.25) is 5.91 Å². The number of amides is 2. The average Bonchev–Trinajstić information content (AvgIpc) is 3.09. The van der Waals surface area contributed by atoms with Gasteiger partial charge in [0, 0.05) is 37.3 Å². The van der Waals surface area contributed by atoms with Crippen LogP contribution < -0.4 is 20.1 Å². The van der Waals surface area contributed by atoms with Gasteiger partial charge in [-0.1, -0.05) is 43.6 Å². The van der Waals surface area contributed by atoms with E-state index in [9.17, 15) is 14.7 Å². The van der Waals surface area contributed by atoms with Crippen molar-refractivity contribution >= 4 is 29.1 Å². The summed E-state index contributed by atoms with van der Waals surface area (Å²) in [7, 11) is 1.61. The Balaban J connectivity index is 1.37. The van der Waals surface area contributed by atoms with Crippen molar-refractivity contribution in [2.75, 3.05) is 31.6 Å². The van der Waals surface area contributed by atoms with Crippen molar-refractivity contribution in [3.8, 4) is 11.5 Å². The molecule has 0 radical (unpaired) electrons. The number of carbonyl (C=O) groups excluding carboxylic acids is 2. The van der Waals surface area contributed by atoms with Crippen LogP contribution in [0.2, 0.25) is 5.02 Å². The minimum absolute atomic E-state index is 0.0156. The van der Waals surface area contributed by atoms with Gasteiger partial charge in [-0.3, -0.25) is 9.59 Å². The van der Waals surface area contributed by atoms with Crippen LogP contribution in [-0.2, 0) is 15.2 Å². The Kier molecular flexibility index (Phi) is 8.31. The molecule has 0 saturated carbocycles. The minimum atomic E-state index is -1.90. The summed E-state index contributed by atoms with van der Waals surface area (Å²) in [5.74, 6) is 0.438. The zero-order valence-electron chi connectivity index (χ0n) is 21.7. The molecule has 3 N–H and O–H groups in total. The second-order valence-corrected chi connectivity index (χ2v) is 10.7. The molecule has 37 heavy (non-hydrogen) atoms. The van der Waals surface area contributed by atoms with Gasteiger partial charge in [0.25, 0.3) is 5.91 Å². The Morgan fingerprint density at radius 3 is 2.57 bits per heavy atom. The first-order valence-electron chi connectivity index (χ1n) is 12.8. The molecule has 9 heteroatoms. The van der Waals surface area contributed by atoms with Crippen molar-refractivity contribution in [2.24, 2.45) is 11.7 Å². The van der Waals surface area contributed by atoms with E-state index in [-0.39, 0.29) is 12.1 Å². The Hall–Kier alpha value is -2.81. The molecule has 1 fully saturated rings. The van der Waals surface area contributed by atoms with Gasteiger partial charge in [-0.25, -0.2) is 0 Å². The fourth-order valence-corrected chi connectivity index (χ4v) is 5.51. The number of halogens is 1. The molecule has 8 nitrogen and oxygen atoms in total. The van der Waals surface area contributed by atoms with Gasteiger partial charge >= 0.3 is 0 Å². The van der Waals surface area contributed by atoms with Crippen LogP contribution in [-0.4, -0.2) is 60.7 Å². The van der Waals surface area contributed by atoms with E-state index in [0.29, 0.717) is 33.7 Å². The number of para-hydroxylation sites is 1. The lowest BCUT2D eigenvalue weighted by Crippen LogP contribution is -2.51. The first kappa shape index (κ1) is 27.2. The number of carbonyl (C=O) groups is 2. The van der Waals surface area contributed by atoms with Crippen LogP contribution in [0.3, 0.4) is 0 Å². The molecule has 0 bridgehead atoms. The Bertz CT molecular complexity index is 1130. The summed E-state index contributed by atoms with van der Waals surface area (Å²) in [5, 5.41) is 11.7. The van der Waals surface area contributed by atoms with Gasteiger partial charge in [-0.15, -0.1) is 0 Å². The van der Waals surface area contributed by atoms with Gasteiger partial charge in [0.15, 0.2) is 5.60 Å². The molecule has 2 unspecified atom stereocenters. The van der Waals surface area contributed by atoms with E-state index in [4.69, 9.17) is 26.8 Å². The van der Waals surface area contributed by atoms with E-state index in [1.165, 1.54) is 0 Å². The normalized spacial score (nSPS) is 21.2. The molecule has 1 saturated heterocycles. The van der Waals surface area contributed by atoms with Crippen molar-refractivity contribution in [2.45, 2.75) is 57.3 Å². The van der Waals surface area contributed by atoms with Crippen LogP contribution in [0, 0.1) is 5.92 Å². The number of nitrogens with zero attached hydrogens (tertiary/aromatic N) is 2. The van der Waals surface area contributed by atoms with Crippen LogP contribution in [0.1, 0.15) is 45.1 Å². The highest BCUT2D eigenvalue weighted by atomic mass is 35.5. The Morgan fingerprint density at radius 1 is 1.22 bits per heavy atom. The second-order valence-electron chi connectivity index (χ2n) is 10.3. The van der Waals surface area contributed by atoms with E-state index in [1.54, 1.807) is 30.2 Å².